The Balaban J connectivity index is 2.60. The Morgan fingerprint density at radius 2 is 1.83 bits per heavy atom. The second-order valence-corrected chi connectivity index (χ2v) is 5.22. The molecule has 4 heteroatoms. The fourth-order valence-corrected chi connectivity index (χ4v) is 1.67. The van der Waals surface area contributed by atoms with E-state index >= 15 is 0 Å². The largest absolute Gasteiger partial charge is 0.477 e. The summed E-state index contributed by atoms with van der Waals surface area (Å²) < 4.78 is 1.48. The van der Waals surface area contributed by atoms with Gasteiger partial charge in [-0.1, -0.05) is 39.0 Å². The summed E-state index contributed by atoms with van der Waals surface area (Å²) in [5.74, 6) is -0.971. The van der Waals surface area contributed by atoms with Crippen molar-refractivity contribution < 1.29 is 9.90 Å². The van der Waals surface area contributed by atoms with Crippen LogP contribution >= 0.6 is 0 Å². The Hall–Kier alpha value is -2.10. The Morgan fingerprint density at radius 3 is 2.33 bits per heavy atom. The Morgan fingerprint density at radius 1 is 1.22 bits per heavy atom. The second kappa shape index (κ2) is 4.29. The SMILES string of the molecule is CC(C)(C)c1cc(C(=O)O)n(-c2ccccc2)n1. The molecule has 0 aliphatic rings. The van der Waals surface area contributed by atoms with Crippen LogP contribution in [0.5, 0.6) is 0 Å². The molecular formula is C14H16N2O2. The Kier molecular flexibility index (Phi) is 2.95. The highest BCUT2D eigenvalue weighted by Gasteiger charge is 2.23. The number of carboxylic acids is 1. The number of hydrogen-bond acceptors (Lipinski definition) is 2. The highest BCUT2D eigenvalue weighted by atomic mass is 16.4. The summed E-state index contributed by atoms with van der Waals surface area (Å²) in [6.07, 6.45) is 0. The number of benzene rings is 1. The summed E-state index contributed by atoms with van der Waals surface area (Å²) in [5.41, 5.74) is 1.53. The number of nitrogens with zero attached hydrogens (tertiary/aromatic N) is 2. The molecule has 2 aromatic rings. The third kappa shape index (κ3) is 2.27. The van der Waals surface area contributed by atoms with Gasteiger partial charge in [0.15, 0.2) is 5.69 Å². The molecule has 1 heterocycles. The van der Waals surface area contributed by atoms with Crippen LogP contribution in [0.3, 0.4) is 0 Å². The molecule has 0 amide bonds. The first kappa shape index (κ1) is 12.4. The van der Waals surface area contributed by atoms with E-state index in [0.717, 1.165) is 11.4 Å². The molecular weight excluding hydrogens is 228 g/mol. The van der Waals surface area contributed by atoms with Gasteiger partial charge in [-0.3, -0.25) is 0 Å². The van der Waals surface area contributed by atoms with Crippen molar-refractivity contribution in [1.29, 1.82) is 0 Å². The van der Waals surface area contributed by atoms with Crippen molar-refractivity contribution in [2.75, 3.05) is 0 Å². The summed E-state index contributed by atoms with van der Waals surface area (Å²) in [6.45, 7) is 6.03. The summed E-state index contributed by atoms with van der Waals surface area (Å²) in [6, 6.07) is 10.9. The minimum atomic E-state index is -0.971. The molecule has 2 rings (SSSR count). The van der Waals surface area contributed by atoms with E-state index in [2.05, 4.69) is 5.10 Å². The van der Waals surface area contributed by atoms with Gasteiger partial charge < -0.3 is 5.11 Å². The third-order valence-corrected chi connectivity index (χ3v) is 2.70. The van der Waals surface area contributed by atoms with E-state index in [1.165, 1.54) is 4.68 Å². The standard InChI is InChI=1S/C14H16N2O2/c1-14(2,3)12-9-11(13(17)18)16(15-12)10-7-5-4-6-8-10/h4-9H,1-3H3,(H,17,18). The van der Waals surface area contributed by atoms with E-state index in [9.17, 15) is 9.90 Å². The number of rotatable bonds is 2. The Bertz CT molecular complexity index is 565. The van der Waals surface area contributed by atoms with Crippen molar-refractivity contribution in [2.24, 2.45) is 0 Å². The molecule has 1 N–H and O–H groups in total. The maximum atomic E-state index is 11.3. The third-order valence-electron chi connectivity index (χ3n) is 2.70. The topological polar surface area (TPSA) is 55.1 Å². The zero-order valence-corrected chi connectivity index (χ0v) is 10.7. The fourth-order valence-electron chi connectivity index (χ4n) is 1.67. The first-order valence-corrected chi connectivity index (χ1v) is 5.79. The average Bonchev–Trinajstić information content (AvgIpc) is 2.74. The van der Waals surface area contributed by atoms with E-state index in [0.29, 0.717) is 0 Å². The van der Waals surface area contributed by atoms with Gasteiger partial charge in [-0.2, -0.15) is 5.10 Å². The van der Waals surface area contributed by atoms with E-state index < -0.39 is 5.97 Å². The average molecular weight is 244 g/mol. The van der Waals surface area contributed by atoms with Crippen LogP contribution in [0.15, 0.2) is 36.4 Å². The lowest BCUT2D eigenvalue weighted by molar-refractivity contribution is 0.0687. The van der Waals surface area contributed by atoms with Crippen LogP contribution in [-0.4, -0.2) is 20.9 Å². The van der Waals surface area contributed by atoms with E-state index in [4.69, 9.17) is 0 Å². The molecule has 94 valence electrons. The lowest BCUT2D eigenvalue weighted by Crippen LogP contribution is -2.12. The van der Waals surface area contributed by atoms with Crippen LogP contribution in [0, 0.1) is 0 Å². The maximum absolute atomic E-state index is 11.3. The molecule has 0 saturated heterocycles. The second-order valence-electron chi connectivity index (χ2n) is 5.22. The summed E-state index contributed by atoms with van der Waals surface area (Å²) >= 11 is 0. The number of carboxylic acid groups (broad SMARTS) is 1. The van der Waals surface area contributed by atoms with Gasteiger partial charge in [-0.25, -0.2) is 9.48 Å². The smallest absolute Gasteiger partial charge is 0.354 e. The van der Waals surface area contributed by atoms with Crippen LogP contribution in [0.4, 0.5) is 0 Å². The quantitative estimate of drug-likeness (QED) is 0.883. The van der Waals surface area contributed by atoms with Gasteiger partial charge in [0.05, 0.1) is 11.4 Å². The summed E-state index contributed by atoms with van der Waals surface area (Å²) in [5, 5.41) is 13.7. The molecule has 0 radical (unpaired) electrons. The summed E-state index contributed by atoms with van der Waals surface area (Å²) in [7, 11) is 0. The molecule has 0 bridgehead atoms. The monoisotopic (exact) mass is 244 g/mol. The predicted octanol–water partition coefficient (Wildman–Crippen LogP) is 2.87. The van der Waals surface area contributed by atoms with Crippen LogP contribution in [0.1, 0.15) is 37.0 Å². The number of carbonyl (C=O) groups is 1. The minimum absolute atomic E-state index is 0.176. The lowest BCUT2D eigenvalue weighted by atomic mass is 9.92. The molecule has 0 unspecified atom stereocenters. The van der Waals surface area contributed by atoms with Gasteiger partial charge in [-0.05, 0) is 18.2 Å². The summed E-state index contributed by atoms with van der Waals surface area (Å²) in [4.78, 5) is 11.3. The predicted molar refractivity (Wildman–Crippen MR) is 69.2 cm³/mol. The van der Waals surface area contributed by atoms with Crippen LogP contribution in [0.25, 0.3) is 5.69 Å². The van der Waals surface area contributed by atoms with Crippen molar-refractivity contribution in [3.8, 4) is 5.69 Å². The molecule has 18 heavy (non-hydrogen) atoms. The molecule has 4 nitrogen and oxygen atoms in total. The first-order chi connectivity index (χ1) is 8.39. The van der Waals surface area contributed by atoms with Crippen LogP contribution < -0.4 is 0 Å². The van der Waals surface area contributed by atoms with Crippen molar-refractivity contribution in [3.63, 3.8) is 0 Å². The fraction of sp³-hybridized carbons (Fsp3) is 0.286. The number of aromatic nitrogens is 2. The van der Waals surface area contributed by atoms with E-state index in [1.54, 1.807) is 6.07 Å². The molecule has 0 atom stereocenters. The highest BCUT2D eigenvalue weighted by molar-refractivity contribution is 5.86. The zero-order valence-electron chi connectivity index (χ0n) is 10.7. The molecule has 0 fully saturated rings. The lowest BCUT2D eigenvalue weighted by Gasteiger charge is -2.14. The van der Waals surface area contributed by atoms with Gasteiger partial charge in [0.1, 0.15) is 0 Å². The first-order valence-electron chi connectivity index (χ1n) is 5.79. The molecule has 0 saturated carbocycles. The maximum Gasteiger partial charge on any atom is 0.354 e. The van der Waals surface area contributed by atoms with Crippen LogP contribution in [0.2, 0.25) is 0 Å². The van der Waals surface area contributed by atoms with E-state index in [-0.39, 0.29) is 11.1 Å². The van der Waals surface area contributed by atoms with Crippen molar-refractivity contribution in [3.05, 3.63) is 47.8 Å². The van der Waals surface area contributed by atoms with Crippen LogP contribution in [-0.2, 0) is 5.41 Å². The number of hydrogen-bond donors (Lipinski definition) is 1. The molecule has 0 aliphatic heterocycles. The Labute approximate surface area is 106 Å². The zero-order chi connectivity index (χ0) is 13.3. The van der Waals surface area contributed by atoms with Gasteiger partial charge in [-0.15, -0.1) is 0 Å². The molecule has 1 aromatic carbocycles. The molecule has 0 spiro atoms. The van der Waals surface area contributed by atoms with Crippen molar-refractivity contribution >= 4 is 5.97 Å². The van der Waals surface area contributed by atoms with Gasteiger partial charge in [0.2, 0.25) is 0 Å². The molecule has 1 aromatic heterocycles. The van der Waals surface area contributed by atoms with Gasteiger partial charge in [0, 0.05) is 5.41 Å². The van der Waals surface area contributed by atoms with E-state index in [1.807, 2.05) is 51.1 Å². The van der Waals surface area contributed by atoms with Gasteiger partial charge in [0.25, 0.3) is 0 Å². The normalized spacial score (nSPS) is 11.5. The molecule has 0 aliphatic carbocycles. The minimum Gasteiger partial charge on any atom is -0.477 e. The van der Waals surface area contributed by atoms with Gasteiger partial charge >= 0.3 is 5.97 Å². The number of para-hydroxylation sites is 1. The van der Waals surface area contributed by atoms with Crippen molar-refractivity contribution in [1.82, 2.24) is 9.78 Å². The number of aromatic carboxylic acids is 1. The highest BCUT2D eigenvalue weighted by Crippen LogP contribution is 2.23. The van der Waals surface area contributed by atoms with Crippen molar-refractivity contribution in [2.45, 2.75) is 26.2 Å².